The van der Waals surface area contributed by atoms with Crippen LogP contribution in [-0.2, 0) is 16.0 Å². The summed E-state index contributed by atoms with van der Waals surface area (Å²) < 4.78 is 5.22. The van der Waals surface area contributed by atoms with Crippen molar-refractivity contribution in [2.24, 2.45) is 0 Å². The highest BCUT2D eigenvalue weighted by Crippen LogP contribution is 2.23. The molecule has 0 spiro atoms. The summed E-state index contributed by atoms with van der Waals surface area (Å²) in [5, 5.41) is 3.70. The number of ether oxygens (including phenoxy) is 1. The summed E-state index contributed by atoms with van der Waals surface area (Å²) >= 11 is 0. The highest BCUT2D eigenvalue weighted by atomic mass is 16.5. The first-order valence-corrected chi connectivity index (χ1v) is 7.64. The van der Waals surface area contributed by atoms with E-state index in [1.807, 2.05) is 31.3 Å². The summed E-state index contributed by atoms with van der Waals surface area (Å²) in [6.45, 7) is 4.21. The number of carbonyl (C=O) groups is 2. The number of aromatic amines is 1. The number of carbonyl (C=O) groups excluding carboxylic acids is 2. The van der Waals surface area contributed by atoms with Gasteiger partial charge in [-0.1, -0.05) is 0 Å². The molecule has 2 amide bonds. The molecule has 6 heteroatoms. The summed E-state index contributed by atoms with van der Waals surface area (Å²) in [4.78, 5) is 28.9. The molecule has 0 bridgehead atoms. The van der Waals surface area contributed by atoms with Crippen LogP contribution in [0.15, 0.2) is 24.4 Å². The number of methoxy groups -OCH3 is 1. The average Bonchev–Trinajstić information content (AvgIpc) is 2.95. The lowest BCUT2D eigenvalue weighted by atomic mass is 10.1. The van der Waals surface area contributed by atoms with Crippen molar-refractivity contribution in [3.8, 4) is 5.75 Å². The summed E-state index contributed by atoms with van der Waals surface area (Å²) in [6, 6.07) is 5.14. The molecular formula is C17H23N3O3. The van der Waals surface area contributed by atoms with Crippen molar-refractivity contribution in [3.63, 3.8) is 0 Å². The number of hydrogen-bond acceptors (Lipinski definition) is 3. The first-order valence-electron chi connectivity index (χ1n) is 7.64. The predicted octanol–water partition coefficient (Wildman–Crippen LogP) is 1.70. The zero-order valence-corrected chi connectivity index (χ0v) is 14.0. The molecule has 23 heavy (non-hydrogen) atoms. The number of likely N-dealkylation sites (N-methyl/N-ethyl adjacent to an activating group) is 1. The number of H-pyrrole nitrogens is 1. The van der Waals surface area contributed by atoms with Gasteiger partial charge >= 0.3 is 0 Å². The van der Waals surface area contributed by atoms with Gasteiger partial charge in [0.1, 0.15) is 11.8 Å². The van der Waals surface area contributed by atoms with Gasteiger partial charge in [0.25, 0.3) is 0 Å². The van der Waals surface area contributed by atoms with Crippen molar-refractivity contribution in [1.82, 2.24) is 15.2 Å². The average molecular weight is 317 g/mol. The van der Waals surface area contributed by atoms with Gasteiger partial charge in [-0.15, -0.1) is 0 Å². The van der Waals surface area contributed by atoms with E-state index in [0.29, 0.717) is 6.54 Å². The Balaban J connectivity index is 2.07. The molecule has 1 atom stereocenters. The Bertz CT molecular complexity index is 708. The molecule has 0 saturated carbocycles. The van der Waals surface area contributed by atoms with Crippen molar-refractivity contribution in [2.75, 3.05) is 20.7 Å². The minimum absolute atomic E-state index is 0.0959. The number of aromatic nitrogens is 1. The Hall–Kier alpha value is -2.50. The molecule has 0 aliphatic rings. The molecule has 1 aromatic carbocycles. The van der Waals surface area contributed by atoms with Crippen molar-refractivity contribution in [3.05, 3.63) is 30.0 Å². The third-order valence-corrected chi connectivity index (χ3v) is 3.92. The van der Waals surface area contributed by atoms with Crippen molar-refractivity contribution >= 4 is 22.7 Å². The first-order chi connectivity index (χ1) is 11.0. The highest BCUT2D eigenvalue weighted by molar-refractivity contribution is 5.92. The maximum absolute atomic E-state index is 12.2. The molecule has 124 valence electrons. The standard InChI is InChI=1S/C17H23N3O3/c1-5-20(3)17(22)11(2)19-16(21)8-12-10-18-15-7-6-13(23-4)9-14(12)15/h6-7,9-11,18H,5,8H2,1-4H3,(H,19,21). The molecule has 6 nitrogen and oxygen atoms in total. The van der Waals surface area contributed by atoms with E-state index < -0.39 is 6.04 Å². The largest absolute Gasteiger partial charge is 0.497 e. The van der Waals surface area contributed by atoms with Crippen LogP contribution in [0, 0.1) is 0 Å². The quantitative estimate of drug-likeness (QED) is 0.851. The fourth-order valence-corrected chi connectivity index (χ4v) is 2.44. The second-order valence-corrected chi connectivity index (χ2v) is 5.54. The Morgan fingerprint density at radius 1 is 1.39 bits per heavy atom. The normalized spacial score (nSPS) is 12.0. The van der Waals surface area contributed by atoms with Gasteiger partial charge in [-0.25, -0.2) is 0 Å². The molecular weight excluding hydrogens is 294 g/mol. The number of fused-ring (bicyclic) bond motifs is 1. The lowest BCUT2D eigenvalue weighted by Gasteiger charge is -2.20. The molecule has 2 aromatic rings. The number of nitrogens with zero attached hydrogens (tertiary/aromatic N) is 1. The maximum Gasteiger partial charge on any atom is 0.244 e. The summed E-state index contributed by atoms with van der Waals surface area (Å²) in [6.07, 6.45) is 2.02. The van der Waals surface area contributed by atoms with E-state index in [9.17, 15) is 9.59 Å². The highest BCUT2D eigenvalue weighted by Gasteiger charge is 2.19. The number of benzene rings is 1. The van der Waals surface area contributed by atoms with Crippen LogP contribution >= 0.6 is 0 Å². The SMILES string of the molecule is CCN(C)C(=O)C(C)NC(=O)Cc1c[nH]c2ccc(OC)cc12. The lowest BCUT2D eigenvalue weighted by Crippen LogP contribution is -2.45. The van der Waals surface area contributed by atoms with E-state index in [2.05, 4.69) is 10.3 Å². The Kier molecular flexibility index (Phi) is 5.26. The van der Waals surface area contributed by atoms with Gasteiger partial charge in [0.05, 0.1) is 13.5 Å². The van der Waals surface area contributed by atoms with Gasteiger partial charge in [-0.2, -0.15) is 0 Å². The smallest absolute Gasteiger partial charge is 0.244 e. The Morgan fingerprint density at radius 3 is 2.78 bits per heavy atom. The maximum atomic E-state index is 12.2. The molecule has 2 rings (SSSR count). The van der Waals surface area contributed by atoms with Crippen LogP contribution in [0.3, 0.4) is 0 Å². The van der Waals surface area contributed by atoms with E-state index in [1.165, 1.54) is 0 Å². The monoisotopic (exact) mass is 317 g/mol. The van der Waals surface area contributed by atoms with Crippen LogP contribution in [0.1, 0.15) is 19.4 Å². The Labute approximate surface area is 135 Å². The van der Waals surface area contributed by atoms with Gasteiger partial charge in [-0.3, -0.25) is 9.59 Å². The van der Waals surface area contributed by atoms with Crippen molar-refractivity contribution < 1.29 is 14.3 Å². The molecule has 1 unspecified atom stereocenters. The summed E-state index contributed by atoms with van der Waals surface area (Å²) in [5.74, 6) is 0.465. The molecule has 0 fully saturated rings. The van der Waals surface area contributed by atoms with Crippen LogP contribution in [0.5, 0.6) is 5.75 Å². The number of rotatable bonds is 6. The van der Waals surface area contributed by atoms with E-state index in [1.54, 1.807) is 26.0 Å². The van der Waals surface area contributed by atoms with E-state index in [-0.39, 0.29) is 18.2 Å². The fraction of sp³-hybridized carbons (Fsp3) is 0.412. The van der Waals surface area contributed by atoms with Gasteiger partial charge in [-0.05, 0) is 37.6 Å². The van der Waals surface area contributed by atoms with Gasteiger partial charge < -0.3 is 19.9 Å². The van der Waals surface area contributed by atoms with E-state index in [0.717, 1.165) is 22.2 Å². The topological polar surface area (TPSA) is 74.4 Å². The minimum atomic E-state index is -0.535. The lowest BCUT2D eigenvalue weighted by molar-refractivity contribution is -0.134. The van der Waals surface area contributed by atoms with Crippen LogP contribution in [0.2, 0.25) is 0 Å². The summed E-state index contributed by atoms with van der Waals surface area (Å²) in [7, 11) is 3.33. The van der Waals surface area contributed by atoms with Crippen LogP contribution in [0.25, 0.3) is 10.9 Å². The Morgan fingerprint density at radius 2 is 2.13 bits per heavy atom. The van der Waals surface area contributed by atoms with Crippen LogP contribution in [0.4, 0.5) is 0 Å². The third kappa shape index (κ3) is 3.83. The van der Waals surface area contributed by atoms with E-state index in [4.69, 9.17) is 4.74 Å². The second kappa shape index (κ2) is 7.17. The molecule has 2 N–H and O–H groups in total. The van der Waals surface area contributed by atoms with Gasteiger partial charge in [0, 0.05) is 30.7 Å². The van der Waals surface area contributed by atoms with Crippen LogP contribution < -0.4 is 10.1 Å². The molecule has 1 aromatic heterocycles. The third-order valence-electron chi connectivity index (χ3n) is 3.92. The van der Waals surface area contributed by atoms with Gasteiger partial charge in [0.15, 0.2) is 0 Å². The molecule has 0 radical (unpaired) electrons. The number of nitrogens with one attached hydrogen (secondary N) is 2. The molecule has 0 saturated heterocycles. The fourth-order valence-electron chi connectivity index (χ4n) is 2.44. The van der Waals surface area contributed by atoms with Crippen molar-refractivity contribution in [2.45, 2.75) is 26.3 Å². The molecule has 1 heterocycles. The molecule has 0 aliphatic carbocycles. The van der Waals surface area contributed by atoms with Gasteiger partial charge in [0.2, 0.25) is 11.8 Å². The van der Waals surface area contributed by atoms with E-state index >= 15 is 0 Å². The zero-order valence-electron chi connectivity index (χ0n) is 14.0. The second-order valence-electron chi connectivity index (χ2n) is 5.54. The summed E-state index contributed by atoms with van der Waals surface area (Å²) in [5.41, 5.74) is 1.82. The minimum Gasteiger partial charge on any atom is -0.497 e. The number of hydrogen-bond donors (Lipinski definition) is 2. The van der Waals surface area contributed by atoms with Crippen LogP contribution in [-0.4, -0.2) is 48.4 Å². The predicted molar refractivity (Wildman–Crippen MR) is 89.5 cm³/mol. The zero-order chi connectivity index (χ0) is 17.0. The first kappa shape index (κ1) is 16.9. The number of amides is 2. The molecule has 0 aliphatic heterocycles. The van der Waals surface area contributed by atoms with Crippen molar-refractivity contribution in [1.29, 1.82) is 0 Å².